The van der Waals surface area contributed by atoms with E-state index in [0.29, 0.717) is 10.9 Å². The zero-order valence-corrected chi connectivity index (χ0v) is 8.65. The van der Waals surface area contributed by atoms with Crippen LogP contribution in [0.25, 0.3) is 0 Å². The van der Waals surface area contributed by atoms with Gasteiger partial charge in [0.25, 0.3) is 0 Å². The minimum atomic E-state index is 0.277. The molecule has 1 aliphatic rings. The Balaban J connectivity index is 2.30. The average Bonchev–Trinajstić information content (AvgIpc) is 2.07. The van der Waals surface area contributed by atoms with Crippen LogP contribution in [0.15, 0.2) is 18.2 Å². The molecular weight excluding hydrogens is 205 g/mol. The van der Waals surface area contributed by atoms with Crippen molar-refractivity contribution >= 4 is 23.2 Å². The first-order chi connectivity index (χ1) is 6.18. The van der Waals surface area contributed by atoms with E-state index < -0.39 is 0 Å². The van der Waals surface area contributed by atoms with Gasteiger partial charge in [0.05, 0.1) is 0 Å². The van der Waals surface area contributed by atoms with Crippen molar-refractivity contribution in [2.45, 2.75) is 24.8 Å². The van der Waals surface area contributed by atoms with E-state index >= 15 is 0 Å². The molecule has 70 valence electrons. The monoisotopic (exact) mass is 215 g/mol. The molecule has 1 nitrogen and oxygen atoms in total. The number of halogens is 2. The number of hydrogen-bond acceptors (Lipinski definition) is 1. The van der Waals surface area contributed by atoms with Crippen LogP contribution in [0.1, 0.15) is 24.3 Å². The molecule has 0 radical (unpaired) electrons. The first-order valence-corrected chi connectivity index (χ1v) is 5.14. The molecule has 2 N–H and O–H groups in total. The van der Waals surface area contributed by atoms with Gasteiger partial charge in [0, 0.05) is 22.0 Å². The molecule has 1 aromatic rings. The summed E-state index contributed by atoms with van der Waals surface area (Å²) in [6.45, 7) is 0. The average molecular weight is 216 g/mol. The van der Waals surface area contributed by atoms with Crippen LogP contribution in [0.3, 0.4) is 0 Å². The fourth-order valence-corrected chi connectivity index (χ4v) is 2.26. The maximum absolute atomic E-state index is 6.06. The molecule has 0 aliphatic heterocycles. The van der Waals surface area contributed by atoms with Gasteiger partial charge in [-0.3, -0.25) is 0 Å². The molecule has 2 rings (SSSR count). The largest absolute Gasteiger partial charge is 0.327 e. The Labute approximate surface area is 87.8 Å². The Morgan fingerprint density at radius 3 is 2.46 bits per heavy atom. The standard InChI is InChI=1S/C10H11Cl2N/c11-6-1-2-7(9(12)5-6)8-3-4-10(8)13/h1-2,5,8,10H,3-4,13H2. The molecule has 1 saturated carbocycles. The fraction of sp³-hybridized carbons (Fsp3) is 0.400. The lowest BCUT2D eigenvalue weighted by molar-refractivity contribution is 0.347. The Morgan fingerprint density at radius 1 is 1.23 bits per heavy atom. The predicted octanol–water partition coefficient (Wildman–Crippen LogP) is 3.20. The van der Waals surface area contributed by atoms with Crippen molar-refractivity contribution in [3.8, 4) is 0 Å². The summed E-state index contributed by atoms with van der Waals surface area (Å²) in [6, 6.07) is 5.91. The number of hydrogen-bond donors (Lipinski definition) is 1. The Bertz CT molecular complexity index is 325. The van der Waals surface area contributed by atoms with Gasteiger partial charge in [0.1, 0.15) is 0 Å². The third kappa shape index (κ3) is 1.69. The molecule has 0 saturated heterocycles. The SMILES string of the molecule is NC1CCC1c1ccc(Cl)cc1Cl. The summed E-state index contributed by atoms with van der Waals surface area (Å²) in [7, 11) is 0. The Morgan fingerprint density at radius 2 is 2.00 bits per heavy atom. The second kappa shape index (κ2) is 3.49. The third-order valence-corrected chi connectivity index (χ3v) is 3.25. The molecule has 0 amide bonds. The number of benzene rings is 1. The number of nitrogens with two attached hydrogens (primary N) is 1. The van der Waals surface area contributed by atoms with Crippen molar-refractivity contribution in [1.82, 2.24) is 0 Å². The first-order valence-electron chi connectivity index (χ1n) is 4.39. The second-order valence-corrected chi connectivity index (χ2v) is 4.36. The normalized spacial score (nSPS) is 27.0. The van der Waals surface area contributed by atoms with Crippen molar-refractivity contribution in [1.29, 1.82) is 0 Å². The molecule has 0 aromatic heterocycles. The molecule has 0 heterocycles. The van der Waals surface area contributed by atoms with E-state index in [-0.39, 0.29) is 6.04 Å². The highest BCUT2D eigenvalue weighted by Crippen LogP contribution is 2.39. The van der Waals surface area contributed by atoms with Crippen LogP contribution in [0.2, 0.25) is 10.0 Å². The molecule has 13 heavy (non-hydrogen) atoms. The van der Waals surface area contributed by atoms with Gasteiger partial charge in [0.15, 0.2) is 0 Å². The van der Waals surface area contributed by atoms with Gasteiger partial charge in [-0.1, -0.05) is 29.3 Å². The van der Waals surface area contributed by atoms with Crippen LogP contribution in [0, 0.1) is 0 Å². The topological polar surface area (TPSA) is 26.0 Å². The van der Waals surface area contributed by atoms with Crippen LogP contribution >= 0.6 is 23.2 Å². The van der Waals surface area contributed by atoms with E-state index in [1.807, 2.05) is 12.1 Å². The quantitative estimate of drug-likeness (QED) is 0.766. The molecule has 1 aliphatic carbocycles. The van der Waals surface area contributed by atoms with Crippen LogP contribution in [0.5, 0.6) is 0 Å². The summed E-state index contributed by atoms with van der Waals surface area (Å²) in [5, 5.41) is 1.43. The minimum absolute atomic E-state index is 0.277. The van der Waals surface area contributed by atoms with Gasteiger partial charge in [-0.25, -0.2) is 0 Å². The summed E-state index contributed by atoms with van der Waals surface area (Å²) in [6.07, 6.45) is 2.24. The van der Waals surface area contributed by atoms with Crippen molar-refractivity contribution in [2.24, 2.45) is 5.73 Å². The molecule has 3 heteroatoms. The summed E-state index contributed by atoms with van der Waals surface area (Å²) < 4.78 is 0. The van der Waals surface area contributed by atoms with Crippen molar-refractivity contribution in [3.63, 3.8) is 0 Å². The third-order valence-electron chi connectivity index (χ3n) is 2.69. The van der Waals surface area contributed by atoms with E-state index in [2.05, 4.69) is 0 Å². The van der Waals surface area contributed by atoms with Crippen molar-refractivity contribution in [2.75, 3.05) is 0 Å². The first kappa shape index (κ1) is 9.32. The summed E-state index contributed by atoms with van der Waals surface area (Å²) >= 11 is 11.9. The lowest BCUT2D eigenvalue weighted by Gasteiger charge is -2.34. The van der Waals surface area contributed by atoms with E-state index in [1.54, 1.807) is 6.07 Å². The lowest BCUT2D eigenvalue weighted by Crippen LogP contribution is -2.37. The molecule has 1 fully saturated rings. The molecule has 0 spiro atoms. The molecular formula is C10H11Cl2N. The van der Waals surface area contributed by atoms with E-state index in [1.165, 1.54) is 0 Å². The van der Waals surface area contributed by atoms with Gasteiger partial charge in [0.2, 0.25) is 0 Å². The highest BCUT2D eigenvalue weighted by atomic mass is 35.5. The van der Waals surface area contributed by atoms with E-state index in [9.17, 15) is 0 Å². The van der Waals surface area contributed by atoms with Crippen LogP contribution in [-0.2, 0) is 0 Å². The molecule has 1 aromatic carbocycles. The maximum atomic E-state index is 6.06. The molecule has 2 unspecified atom stereocenters. The predicted molar refractivity (Wildman–Crippen MR) is 56.4 cm³/mol. The van der Waals surface area contributed by atoms with Crippen molar-refractivity contribution in [3.05, 3.63) is 33.8 Å². The highest BCUT2D eigenvalue weighted by molar-refractivity contribution is 6.35. The molecule has 2 atom stereocenters. The van der Waals surface area contributed by atoms with Gasteiger partial charge in [-0.05, 0) is 30.5 Å². The van der Waals surface area contributed by atoms with Crippen molar-refractivity contribution < 1.29 is 0 Å². The van der Waals surface area contributed by atoms with Crippen LogP contribution < -0.4 is 5.73 Å². The zero-order valence-electron chi connectivity index (χ0n) is 7.13. The Hall–Kier alpha value is -0.240. The summed E-state index contributed by atoms with van der Waals surface area (Å²) in [5.41, 5.74) is 7.01. The summed E-state index contributed by atoms with van der Waals surface area (Å²) in [5.74, 6) is 0.435. The second-order valence-electron chi connectivity index (χ2n) is 3.51. The van der Waals surface area contributed by atoms with Gasteiger partial charge in [-0.2, -0.15) is 0 Å². The van der Waals surface area contributed by atoms with Crippen LogP contribution in [0.4, 0.5) is 0 Å². The maximum Gasteiger partial charge on any atom is 0.0456 e. The van der Waals surface area contributed by atoms with Crippen LogP contribution in [-0.4, -0.2) is 6.04 Å². The minimum Gasteiger partial charge on any atom is -0.327 e. The van der Waals surface area contributed by atoms with E-state index in [4.69, 9.17) is 28.9 Å². The van der Waals surface area contributed by atoms with Gasteiger partial charge in [-0.15, -0.1) is 0 Å². The zero-order chi connectivity index (χ0) is 9.42. The van der Waals surface area contributed by atoms with Gasteiger partial charge >= 0.3 is 0 Å². The lowest BCUT2D eigenvalue weighted by atomic mass is 9.76. The summed E-state index contributed by atoms with van der Waals surface area (Å²) in [4.78, 5) is 0. The fourth-order valence-electron chi connectivity index (χ4n) is 1.71. The smallest absolute Gasteiger partial charge is 0.0456 e. The van der Waals surface area contributed by atoms with Gasteiger partial charge < -0.3 is 5.73 Å². The van der Waals surface area contributed by atoms with E-state index in [0.717, 1.165) is 23.4 Å². The highest BCUT2D eigenvalue weighted by Gasteiger charge is 2.30. The number of rotatable bonds is 1. The molecule has 0 bridgehead atoms. The Kier molecular flexibility index (Phi) is 2.50.